The normalized spacial score (nSPS) is 10.6. The SMILES string of the molecule is COc1ccccc1-n1c(CC(=O)O)ccc1-c1ccc(Br)cc1. The van der Waals surface area contributed by atoms with Gasteiger partial charge in [0.25, 0.3) is 0 Å². The number of hydrogen-bond donors (Lipinski definition) is 1. The quantitative estimate of drug-likeness (QED) is 0.701. The smallest absolute Gasteiger partial charge is 0.309 e. The first-order chi connectivity index (χ1) is 11.6. The van der Waals surface area contributed by atoms with Crippen LogP contribution in [0.1, 0.15) is 5.69 Å². The predicted octanol–water partition coefficient (Wildman–Crippen LogP) is 4.54. The molecule has 5 heteroatoms. The van der Waals surface area contributed by atoms with E-state index in [-0.39, 0.29) is 6.42 Å². The average Bonchev–Trinajstić information content (AvgIpc) is 2.98. The molecule has 122 valence electrons. The Labute approximate surface area is 148 Å². The molecule has 0 aliphatic heterocycles. The number of carboxylic acid groups (broad SMARTS) is 1. The van der Waals surface area contributed by atoms with Gasteiger partial charge in [-0.2, -0.15) is 0 Å². The fraction of sp³-hybridized carbons (Fsp3) is 0.105. The van der Waals surface area contributed by atoms with Crippen molar-refractivity contribution in [1.29, 1.82) is 0 Å². The van der Waals surface area contributed by atoms with Crippen molar-refractivity contribution in [3.63, 3.8) is 0 Å². The number of halogens is 1. The standard InChI is InChI=1S/C19H16BrNO3/c1-24-18-5-3-2-4-17(18)21-15(12-19(22)23)10-11-16(21)13-6-8-14(20)9-7-13/h2-11H,12H2,1H3,(H,22,23). The van der Waals surface area contributed by atoms with Gasteiger partial charge >= 0.3 is 5.97 Å². The molecular weight excluding hydrogens is 370 g/mol. The summed E-state index contributed by atoms with van der Waals surface area (Å²) in [6, 6.07) is 19.3. The van der Waals surface area contributed by atoms with Crippen molar-refractivity contribution >= 4 is 21.9 Å². The minimum absolute atomic E-state index is 0.0609. The van der Waals surface area contributed by atoms with Crippen LogP contribution in [0.5, 0.6) is 5.75 Å². The van der Waals surface area contributed by atoms with Gasteiger partial charge in [0, 0.05) is 10.2 Å². The van der Waals surface area contributed by atoms with E-state index in [1.54, 1.807) is 7.11 Å². The number of hydrogen-bond acceptors (Lipinski definition) is 2. The Morgan fingerprint density at radius 3 is 2.46 bits per heavy atom. The highest BCUT2D eigenvalue weighted by Gasteiger charge is 2.16. The summed E-state index contributed by atoms with van der Waals surface area (Å²) in [5.41, 5.74) is 3.44. The fourth-order valence-electron chi connectivity index (χ4n) is 2.72. The van der Waals surface area contributed by atoms with Crippen molar-refractivity contribution in [2.24, 2.45) is 0 Å². The Hall–Kier alpha value is -2.53. The molecule has 0 bridgehead atoms. The molecule has 0 amide bonds. The summed E-state index contributed by atoms with van der Waals surface area (Å²) in [5.74, 6) is -0.176. The van der Waals surface area contributed by atoms with Crippen LogP contribution in [0.3, 0.4) is 0 Å². The first-order valence-electron chi connectivity index (χ1n) is 7.42. The molecule has 0 saturated carbocycles. The molecule has 3 aromatic rings. The van der Waals surface area contributed by atoms with Crippen molar-refractivity contribution in [2.75, 3.05) is 7.11 Å². The lowest BCUT2D eigenvalue weighted by Crippen LogP contribution is -2.08. The zero-order chi connectivity index (χ0) is 17.1. The van der Waals surface area contributed by atoms with Crippen LogP contribution >= 0.6 is 15.9 Å². The van der Waals surface area contributed by atoms with E-state index >= 15 is 0 Å². The highest BCUT2D eigenvalue weighted by atomic mass is 79.9. The number of para-hydroxylation sites is 2. The minimum Gasteiger partial charge on any atom is -0.495 e. The third kappa shape index (κ3) is 3.21. The topological polar surface area (TPSA) is 51.5 Å². The summed E-state index contributed by atoms with van der Waals surface area (Å²) in [5, 5.41) is 9.23. The molecule has 0 aliphatic carbocycles. The minimum atomic E-state index is -0.869. The van der Waals surface area contributed by atoms with Gasteiger partial charge in [0.1, 0.15) is 5.75 Å². The lowest BCUT2D eigenvalue weighted by Gasteiger charge is -2.16. The molecule has 2 aromatic carbocycles. The van der Waals surface area contributed by atoms with Crippen LogP contribution in [-0.4, -0.2) is 22.8 Å². The Bertz CT molecular complexity index is 869. The number of benzene rings is 2. The van der Waals surface area contributed by atoms with Crippen LogP contribution in [0, 0.1) is 0 Å². The molecule has 4 nitrogen and oxygen atoms in total. The number of ether oxygens (including phenoxy) is 1. The molecule has 0 unspecified atom stereocenters. The van der Waals surface area contributed by atoms with E-state index in [0.717, 1.165) is 21.4 Å². The highest BCUT2D eigenvalue weighted by molar-refractivity contribution is 9.10. The van der Waals surface area contributed by atoms with E-state index in [1.165, 1.54) is 0 Å². The first-order valence-corrected chi connectivity index (χ1v) is 8.21. The molecule has 1 N–H and O–H groups in total. The number of carbonyl (C=O) groups is 1. The van der Waals surface area contributed by atoms with Crippen LogP contribution < -0.4 is 4.74 Å². The molecule has 24 heavy (non-hydrogen) atoms. The highest BCUT2D eigenvalue weighted by Crippen LogP contribution is 2.32. The number of aliphatic carboxylic acids is 1. The molecule has 3 rings (SSSR count). The van der Waals surface area contributed by atoms with Gasteiger partial charge in [-0.1, -0.05) is 40.2 Å². The van der Waals surface area contributed by atoms with Gasteiger partial charge in [-0.15, -0.1) is 0 Å². The fourth-order valence-corrected chi connectivity index (χ4v) is 2.98. The maximum absolute atomic E-state index is 11.2. The molecule has 0 saturated heterocycles. The molecule has 1 heterocycles. The van der Waals surface area contributed by atoms with Gasteiger partial charge in [-0.25, -0.2) is 0 Å². The molecule has 0 atom stereocenters. The number of aromatic nitrogens is 1. The van der Waals surface area contributed by atoms with Crippen LogP contribution in [0.15, 0.2) is 65.1 Å². The monoisotopic (exact) mass is 385 g/mol. The number of carboxylic acids is 1. The van der Waals surface area contributed by atoms with Gasteiger partial charge in [-0.05, 0) is 42.0 Å². The second-order valence-electron chi connectivity index (χ2n) is 5.29. The summed E-state index contributed by atoms with van der Waals surface area (Å²) in [4.78, 5) is 11.2. The summed E-state index contributed by atoms with van der Waals surface area (Å²) < 4.78 is 8.40. The number of methoxy groups -OCH3 is 1. The average molecular weight is 386 g/mol. The van der Waals surface area contributed by atoms with Crippen molar-refractivity contribution in [1.82, 2.24) is 4.57 Å². The molecule has 0 spiro atoms. The molecule has 0 aliphatic rings. The van der Waals surface area contributed by atoms with Crippen LogP contribution in [0.4, 0.5) is 0 Å². The lowest BCUT2D eigenvalue weighted by molar-refractivity contribution is -0.136. The largest absolute Gasteiger partial charge is 0.495 e. The van der Waals surface area contributed by atoms with Crippen LogP contribution in [0.25, 0.3) is 16.9 Å². The third-order valence-corrected chi connectivity index (χ3v) is 4.29. The van der Waals surface area contributed by atoms with E-state index in [0.29, 0.717) is 11.4 Å². The van der Waals surface area contributed by atoms with Gasteiger partial charge in [-0.3, -0.25) is 4.79 Å². The van der Waals surface area contributed by atoms with E-state index in [2.05, 4.69) is 15.9 Å². The Kier molecular flexibility index (Phi) is 4.71. The lowest BCUT2D eigenvalue weighted by atomic mass is 10.1. The maximum Gasteiger partial charge on any atom is 0.309 e. The zero-order valence-electron chi connectivity index (χ0n) is 13.1. The Morgan fingerprint density at radius 1 is 1.08 bits per heavy atom. The molecule has 0 radical (unpaired) electrons. The summed E-state index contributed by atoms with van der Waals surface area (Å²) in [7, 11) is 1.61. The van der Waals surface area contributed by atoms with E-state index in [9.17, 15) is 9.90 Å². The van der Waals surface area contributed by atoms with E-state index in [1.807, 2.05) is 65.2 Å². The molecular formula is C19H16BrNO3. The third-order valence-electron chi connectivity index (χ3n) is 3.76. The van der Waals surface area contributed by atoms with Crippen LogP contribution in [0.2, 0.25) is 0 Å². The van der Waals surface area contributed by atoms with Gasteiger partial charge in [0.2, 0.25) is 0 Å². The molecule has 0 fully saturated rings. The van der Waals surface area contributed by atoms with Crippen LogP contribution in [-0.2, 0) is 11.2 Å². The second kappa shape index (κ2) is 6.93. The molecule has 1 aromatic heterocycles. The summed E-state index contributed by atoms with van der Waals surface area (Å²) in [6.07, 6.45) is -0.0609. The van der Waals surface area contributed by atoms with E-state index in [4.69, 9.17) is 4.74 Å². The number of nitrogens with zero attached hydrogens (tertiary/aromatic N) is 1. The van der Waals surface area contributed by atoms with Crippen molar-refractivity contribution in [2.45, 2.75) is 6.42 Å². The maximum atomic E-state index is 11.2. The van der Waals surface area contributed by atoms with Crippen molar-refractivity contribution < 1.29 is 14.6 Å². The second-order valence-corrected chi connectivity index (χ2v) is 6.21. The summed E-state index contributed by atoms with van der Waals surface area (Å²) in [6.45, 7) is 0. The van der Waals surface area contributed by atoms with Crippen molar-refractivity contribution in [3.05, 3.63) is 70.8 Å². The number of rotatable bonds is 5. The Morgan fingerprint density at radius 2 is 1.79 bits per heavy atom. The van der Waals surface area contributed by atoms with Gasteiger partial charge in [0.05, 0.1) is 24.9 Å². The van der Waals surface area contributed by atoms with Crippen molar-refractivity contribution in [3.8, 4) is 22.7 Å². The first kappa shape index (κ1) is 16.3. The summed E-state index contributed by atoms with van der Waals surface area (Å²) >= 11 is 3.44. The predicted molar refractivity (Wildman–Crippen MR) is 96.8 cm³/mol. The van der Waals surface area contributed by atoms with E-state index < -0.39 is 5.97 Å². The van der Waals surface area contributed by atoms with Gasteiger partial charge in [0.15, 0.2) is 0 Å². The van der Waals surface area contributed by atoms with Gasteiger partial charge < -0.3 is 14.4 Å². The zero-order valence-corrected chi connectivity index (χ0v) is 14.7. The Balaban J connectivity index is 2.22.